The van der Waals surface area contributed by atoms with Gasteiger partial charge in [0.2, 0.25) is 5.91 Å². The van der Waals surface area contributed by atoms with E-state index in [2.05, 4.69) is 21.6 Å². The second kappa shape index (κ2) is 9.50. The molecular weight excluding hydrogens is 375 g/mol. The number of aromatic nitrogens is 3. The number of amides is 1. The maximum absolute atomic E-state index is 13.2. The van der Waals surface area contributed by atoms with Crippen LogP contribution in [0.3, 0.4) is 0 Å². The summed E-state index contributed by atoms with van der Waals surface area (Å²) in [5.74, 6) is 0.724. The van der Waals surface area contributed by atoms with Gasteiger partial charge in [0.1, 0.15) is 5.82 Å². The maximum atomic E-state index is 13.2. The molecule has 0 saturated heterocycles. The van der Waals surface area contributed by atoms with Crippen molar-refractivity contribution in [1.82, 2.24) is 20.1 Å². The second-order valence-corrected chi connectivity index (χ2v) is 7.38. The van der Waals surface area contributed by atoms with Crippen molar-refractivity contribution in [3.63, 3.8) is 0 Å². The van der Waals surface area contributed by atoms with Gasteiger partial charge >= 0.3 is 0 Å². The highest BCUT2D eigenvalue weighted by Crippen LogP contribution is 2.24. The summed E-state index contributed by atoms with van der Waals surface area (Å²) in [4.78, 5) is 12.1. The third-order valence-electron chi connectivity index (χ3n) is 4.27. The molecular formula is C21H23FN4OS. The third kappa shape index (κ3) is 5.19. The summed E-state index contributed by atoms with van der Waals surface area (Å²) in [5.41, 5.74) is 3.04. The van der Waals surface area contributed by atoms with Crippen LogP contribution in [0.15, 0.2) is 53.7 Å². The zero-order valence-corrected chi connectivity index (χ0v) is 16.8. The van der Waals surface area contributed by atoms with Crippen LogP contribution < -0.4 is 5.32 Å². The molecule has 3 aromatic rings. The van der Waals surface area contributed by atoms with Gasteiger partial charge in [0.25, 0.3) is 0 Å². The average Bonchev–Trinajstić information content (AvgIpc) is 3.09. The Morgan fingerprint density at radius 1 is 1.18 bits per heavy atom. The van der Waals surface area contributed by atoms with Crippen LogP contribution in [0.5, 0.6) is 0 Å². The monoisotopic (exact) mass is 398 g/mol. The van der Waals surface area contributed by atoms with Crippen LogP contribution in [0, 0.1) is 12.7 Å². The van der Waals surface area contributed by atoms with Crippen molar-refractivity contribution in [2.45, 2.75) is 32.0 Å². The van der Waals surface area contributed by atoms with Crippen LogP contribution in [0.25, 0.3) is 11.4 Å². The zero-order valence-electron chi connectivity index (χ0n) is 16.0. The number of rotatable bonds is 8. The van der Waals surface area contributed by atoms with Crippen LogP contribution in [0.2, 0.25) is 0 Å². The fourth-order valence-corrected chi connectivity index (χ4v) is 3.73. The zero-order chi connectivity index (χ0) is 19.9. The Kier molecular flexibility index (Phi) is 6.81. The fraction of sp³-hybridized carbons (Fsp3) is 0.286. The van der Waals surface area contributed by atoms with Crippen LogP contribution >= 0.6 is 11.8 Å². The summed E-state index contributed by atoms with van der Waals surface area (Å²) in [7, 11) is 0. The molecule has 1 N–H and O–H groups in total. The van der Waals surface area contributed by atoms with E-state index in [1.165, 1.54) is 23.9 Å². The van der Waals surface area contributed by atoms with E-state index >= 15 is 0 Å². The topological polar surface area (TPSA) is 59.8 Å². The van der Waals surface area contributed by atoms with Gasteiger partial charge in [0.15, 0.2) is 11.0 Å². The van der Waals surface area contributed by atoms with E-state index in [4.69, 9.17) is 0 Å². The molecule has 0 saturated carbocycles. The van der Waals surface area contributed by atoms with Gasteiger partial charge in [0.05, 0.1) is 5.75 Å². The Labute approximate surface area is 168 Å². The average molecular weight is 399 g/mol. The molecule has 0 bridgehead atoms. The smallest absolute Gasteiger partial charge is 0.230 e. The molecule has 1 heterocycles. The largest absolute Gasteiger partial charge is 0.355 e. The Morgan fingerprint density at radius 3 is 2.75 bits per heavy atom. The minimum absolute atomic E-state index is 0.0795. The van der Waals surface area contributed by atoms with Gasteiger partial charge < -0.3 is 9.88 Å². The standard InChI is InChI=1S/C21H23FN4OS/c1-3-26-20(17-8-4-6-15(2)12-17)24-25-21(26)28-14-19(27)23-11-10-16-7-5-9-18(22)13-16/h4-9,12-13H,3,10-11,14H2,1-2H3,(H,23,27). The van der Waals surface area contributed by atoms with Crippen molar-refractivity contribution >= 4 is 17.7 Å². The highest BCUT2D eigenvalue weighted by atomic mass is 32.2. The molecule has 0 aliphatic carbocycles. The van der Waals surface area contributed by atoms with E-state index in [0.29, 0.717) is 13.0 Å². The molecule has 3 rings (SSSR count). The normalized spacial score (nSPS) is 10.8. The van der Waals surface area contributed by atoms with E-state index in [1.54, 1.807) is 6.07 Å². The molecule has 0 atom stereocenters. The summed E-state index contributed by atoms with van der Waals surface area (Å²) in [6, 6.07) is 14.5. The van der Waals surface area contributed by atoms with Crippen molar-refractivity contribution in [3.05, 3.63) is 65.5 Å². The first-order valence-corrected chi connectivity index (χ1v) is 10.2. The lowest BCUT2D eigenvalue weighted by Crippen LogP contribution is -2.27. The van der Waals surface area contributed by atoms with E-state index < -0.39 is 0 Å². The predicted octanol–water partition coefficient (Wildman–Crippen LogP) is 3.86. The quantitative estimate of drug-likeness (QED) is 0.586. The van der Waals surface area contributed by atoms with Crippen LogP contribution in [-0.2, 0) is 17.8 Å². The Balaban J connectivity index is 1.55. The van der Waals surface area contributed by atoms with Gasteiger partial charge in [-0.15, -0.1) is 10.2 Å². The number of carbonyl (C=O) groups is 1. The highest BCUT2D eigenvalue weighted by Gasteiger charge is 2.14. The number of nitrogens with one attached hydrogen (secondary N) is 1. The molecule has 1 aromatic heterocycles. The first-order chi connectivity index (χ1) is 13.6. The summed E-state index contributed by atoms with van der Waals surface area (Å²) in [5, 5.41) is 12.2. The van der Waals surface area contributed by atoms with Gasteiger partial charge in [-0.3, -0.25) is 4.79 Å². The number of aryl methyl sites for hydroxylation is 1. The van der Waals surface area contributed by atoms with Crippen molar-refractivity contribution in [2.75, 3.05) is 12.3 Å². The molecule has 0 unspecified atom stereocenters. The highest BCUT2D eigenvalue weighted by molar-refractivity contribution is 7.99. The van der Waals surface area contributed by atoms with Crippen LogP contribution in [0.1, 0.15) is 18.1 Å². The van der Waals surface area contributed by atoms with Gasteiger partial charge in [-0.05, 0) is 44.0 Å². The maximum Gasteiger partial charge on any atom is 0.230 e. The lowest BCUT2D eigenvalue weighted by Gasteiger charge is -2.08. The van der Waals surface area contributed by atoms with Crippen molar-refractivity contribution in [3.8, 4) is 11.4 Å². The molecule has 0 aliphatic heterocycles. The Bertz CT molecular complexity index is 957. The lowest BCUT2D eigenvalue weighted by atomic mass is 10.1. The van der Waals surface area contributed by atoms with E-state index in [1.807, 2.05) is 42.7 Å². The summed E-state index contributed by atoms with van der Waals surface area (Å²) >= 11 is 1.37. The Morgan fingerprint density at radius 2 is 2.00 bits per heavy atom. The number of nitrogens with zero attached hydrogens (tertiary/aromatic N) is 3. The molecule has 7 heteroatoms. The molecule has 0 spiro atoms. The number of thioether (sulfide) groups is 1. The molecule has 146 valence electrons. The third-order valence-corrected chi connectivity index (χ3v) is 5.23. The van der Waals surface area contributed by atoms with Gasteiger partial charge in [-0.25, -0.2) is 4.39 Å². The number of benzene rings is 2. The van der Waals surface area contributed by atoms with Crippen LogP contribution in [0.4, 0.5) is 4.39 Å². The predicted molar refractivity (Wildman–Crippen MR) is 110 cm³/mol. The molecule has 2 aromatic carbocycles. The number of halogens is 1. The molecule has 0 radical (unpaired) electrons. The molecule has 1 amide bonds. The summed E-state index contributed by atoms with van der Waals surface area (Å²) < 4.78 is 15.2. The Hall–Kier alpha value is -2.67. The van der Waals surface area contributed by atoms with Gasteiger partial charge in [-0.2, -0.15) is 0 Å². The van der Waals surface area contributed by atoms with E-state index in [9.17, 15) is 9.18 Å². The minimum atomic E-state index is -0.261. The van der Waals surface area contributed by atoms with Crippen molar-refractivity contribution in [1.29, 1.82) is 0 Å². The summed E-state index contributed by atoms with van der Waals surface area (Å²) in [6.07, 6.45) is 0.594. The van der Waals surface area contributed by atoms with E-state index in [-0.39, 0.29) is 17.5 Å². The first-order valence-electron chi connectivity index (χ1n) is 9.21. The number of carbonyl (C=O) groups excluding carboxylic acids is 1. The fourth-order valence-electron chi connectivity index (χ4n) is 2.90. The first kappa shape index (κ1) is 20.1. The molecule has 28 heavy (non-hydrogen) atoms. The van der Waals surface area contributed by atoms with E-state index in [0.717, 1.165) is 34.2 Å². The summed E-state index contributed by atoms with van der Waals surface area (Å²) in [6.45, 7) is 5.27. The second-order valence-electron chi connectivity index (χ2n) is 6.44. The molecule has 0 fully saturated rings. The lowest BCUT2D eigenvalue weighted by molar-refractivity contribution is -0.118. The van der Waals surface area contributed by atoms with Crippen molar-refractivity contribution in [2.24, 2.45) is 0 Å². The molecule has 0 aliphatic rings. The van der Waals surface area contributed by atoms with Crippen molar-refractivity contribution < 1.29 is 9.18 Å². The van der Waals surface area contributed by atoms with Gasteiger partial charge in [-0.1, -0.05) is 47.7 Å². The molecule has 5 nitrogen and oxygen atoms in total. The minimum Gasteiger partial charge on any atom is -0.355 e. The number of hydrogen-bond donors (Lipinski definition) is 1. The van der Waals surface area contributed by atoms with Crippen LogP contribution in [-0.4, -0.2) is 33.0 Å². The SMILES string of the molecule is CCn1c(SCC(=O)NCCc2cccc(F)c2)nnc1-c1cccc(C)c1. The number of hydrogen-bond acceptors (Lipinski definition) is 4. The van der Waals surface area contributed by atoms with Gasteiger partial charge in [0, 0.05) is 18.7 Å².